The number of carbonyl (C=O) groups is 2. The Bertz CT molecular complexity index is 602. The summed E-state index contributed by atoms with van der Waals surface area (Å²) < 4.78 is 0. The van der Waals surface area contributed by atoms with Crippen molar-refractivity contribution in [3.05, 3.63) is 28.8 Å². The van der Waals surface area contributed by atoms with Gasteiger partial charge in [0.15, 0.2) is 0 Å². The summed E-state index contributed by atoms with van der Waals surface area (Å²) in [5, 5.41) is 0.622. The molecule has 2 unspecified atom stereocenters. The Kier molecular flexibility index (Phi) is 3.66. The highest BCUT2D eigenvalue weighted by atomic mass is 35.5. The van der Waals surface area contributed by atoms with E-state index in [2.05, 4.69) is 0 Å². The van der Waals surface area contributed by atoms with E-state index in [1.54, 1.807) is 15.9 Å². The van der Waals surface area contributed by atoms with Crippen LogP contribution in [0.4, 0.5) is 5.69 Å². The van der Waals surface area contributed by atoms with E-state index in [0.29, 0.717) is 18.0 Å². The van der Waals surface area contributed by atoms with Crippen molar-refractivity contribution in [2.24, 2.45) is 0 Å². The van der Waals surface area contributed by atoms with Crippen molar-refractivity contribution in [2.45, 2.75) is 45.2 Å². The first-order valence-electron chi connectivity index (χ1n) is 7.45. The van der Waals surface area contributed by atoms with Gasteiger partial charge in [-0.15, -0.1) is 0 Å². The first-order valence-corrected chi connectivity index (χ1v) is 7.82. The van der Waals surface area contributed by atoms with Crippen LogP contribution < -0.4 is 4.90 Å². The lowest BCUT2D eigenvalue weighted by atomic mass is 10.0. The summed E-state index contributed by atoms with van der Waals surface area (Å²) in [7, 11) is 0. The van der Waals surface area contributed by atoms with Gasteiger partial charge in [0.1, 0.15) is 12.1 Å². The van der Waals surface area contributed by atoms with Crippen LogP contribution in [0.15, 0.2) is 18.2 Å². The summed E-state index contributed by atoms with van der Waals surface area (Å²) in [5.41, 5.74) is 1.62. The molecule has 1 aromatic rings. The van der Waals surface area contributed by atoms with Crippen LogP contribution in [0.3, 0.4) is 0 Å². The minimum absolute atomic E-state index is 0.0318. The normalized spacial score (nSPS) is 25.5. The zero-order valence-corrected chi connectivity index (χ0v) is 13.1. The molecule has 0 N–H and O–H groups in total. The molecule has 0 aliphatic carbocycles. The van der Waals surface area contributed by atoms with Crippen LogP contribution in [-0.2, 0) is 9.59 Å². The van der Waals surface area contributed by atoms with Crippen molar-refractivity contribution in [3.63, 3.8) is 0 Å². The summed E-state index contributed by atoms with van der Waals surface area (Å²) in [6.07, 6.45) is 2.28. The van der Waals surface area contributed by atoms with Crippen LogP contribution in [0.2, 0.25) is 5.02 Å². The molecule has 4 nitrogen and oxygen atoms in total. The number of hydrogen-bond donors (Lipinski definition) is 0. The fourth-order valence-corrected chi connectivity index (χ4v) is 3.57. The number of fused-ring (bicyclic) bond motifs is 1. The Balaban J connectivity index is 2.08. The highest BCUT2D eigenvalue weighted by molar-refractivity contribution is 6.31. The maximum atomic E-state index is 12.9. The lowest BCUT2D eigenvalue weighted by molar-refractivity contribution is -0.144. The number of rotatable bonds is 2. The van der Waals surface area contributed by atoms with Gasteiger partial charge in [-0.3, -0.25) is 14.5 Å². The van der Waals surface area contributed by atoms with Crippen LogP contribution in [0.25, 0.3) is 0 Å². The first-order chi connectivity index (χ1) is 10.1. The second-order valence-corrected chi connectivity index (χ2v) is 6.11. The maximum Gasteiger partial charge on any atom is 0.250 e. The van der Waals surface area contributed by atoms with Crippen LogP contribution in [0.1, 0.15) is 31.7 Å². The SMILES string of the molecule is CCC1C(=O)N2CCCC2C(=O)N1c1cccc(Cl)c1C. The number of nitrogens with zero attached hydrogens (tertiary/aromatic N) is 2. The van der Waals surface area contributed by atoms with E-state index in [1.807, 2.05) is 26.0 Å². The largest absolute Gasteiger partial charge is 0.329 e. The number of hydrogen-bond acceptors (Lipinski definition) is 2. The van der Waals surface area contributed by atoms with E-state index in [1.165, 1.54) is 0 Å². The first kappa shape index (κ1) is 14.4. The molecule has 0 aromatic heterocycles. The molecular formula is C16H19ClN2O2. The quantitative estimate of drug-likeness (QED) is 0.843. The molecule has 0 bridgehead atoms. The highest BCUT2D eigenvalue weighted by Gasteiger charge is 2.47. The maximum absolute atomic E-state index is 12.9. The van der Waals surface area contributed by atoms with E-state index in [-0.39, 0.29) is 17.9 Å². The van der Waals surface area contributed by atoms with Gasteiger partial charge in [0.2, 0.25) is 5.91 Å². The number of halogens is 1. The van der Waals surface area contributed by atoms with Crippen molar-refractivity contribution in [3.8, 4) is 0 Å². The fourth-order valence-electron chi connectivity index (χ4n) is 3.40. The smallest absolute Gasteiger partial charge is 0.250 e. The molecule has 0 saturated carbocycles. The summed E-state index contributed by atoms with van der Waals surface area (Å²) in [4.78, 5) is 29.0. The Labute approximate surface area is 129 Å². The molecule has 2 atom stereocenters. The van der Waals surface area contributed by atoms with Crippen LogP contribution in [0.5, 0.6) is 0 Å². The standard InChI is InChI=1S/C16H19ClN2O2/c1-3-12-15(20)18-9-5-8-14(18)16(21)19(12)13-7-4-6-11(17)10(13)2/h4,6-7,12,14H,3,5,8-9H2,1-2H3. The number of piperazine rings is 1. The number of benzene rings is 1. The third-order valence-electron chi connectivity index (χ3n) is 4.54. The molecule has 21 heavy (non-hydrogen) atoms. The second-order valence-electron chi connectivity index (χ2n) is 5.71. The molecule has 112 valence electrons. The average Bonchev–Trinajstić information content (AvgIpc) is 2.96. The third kappa shape index (κ3) is 2.13. The summed E-state index contributed by atoms with van der Waals surface area (Å²) in [6.45, 7) is 4.54. The third-order valence-corrected chi connectivity index (χ3v) is 4.95. The van der Waals surface area contributed by atoms with Gasteiger partial charge in [-0.1, -0.05) is 24.6 Å². The van der Waals surface area contributed by atoms with Gasteiger partial charge in [0.05, 0.1) is 0 Å². The Morgan fingerprint density at radius 1 is 1.29 bits per heavy atom. The second kappa shape index (κ2) is 5.34. The molecule has 2 amide bonds. The molecule has 2 aliphatic rings. The summed E-state index contributed by atoms with van der Waals surface area (Å²) >= 11 is 6.19. The van der Waals surface area contributed by atoms with Crippen molar-refractivity contribution < 1.29 is 9.59 Å². The van der Waals surface area contributed by atoms with Crippen molar-refractivity contribution in [1.82, 2.24) is 4.90 Å². The van der Waals surface area contributed by atoms with E-state index in [9.17, 15) is 9.59 Å². The number of amides is 2. The van der Waals surface area contributed by atoms with Gasteiger partial charge in [0, 0.05) is 17.3 Å². The summed E-state index contributed by atoms with van der Waals surface area (Å²) in [6, 6.07) is 4.80. The predicted molar refractivity (Wildman–Crippen MR) is 82.5 cm³/mol. The van der Waals surface area contributed by atoms with Gasteiger partial charge >= 0.3 is 0 Å². The molecule has 2 saturated heterocycles. The minimum atomic E-state index is -0.413. The highest BCUT2D eigenvalue weighted by Crippen LogP contribution is 2.35. The van der Waals surface area contributed by atoms with Gasteiger partial charge in [-0.25, -0.2) is 0 Å². The molecule has 5 heteroatoms. The van der Waals surface area contributed by atoms with Gasteiger partial charge in [-0.05, 0) is 43.9 Å². The molecule has 2 aliphatic heterocycles. The zero-order valence-electron chi connectivity index (χ0n) is 12.3. The molecule has 1 aromatic carbocycles. The molecule has 2 fully saturated rings. The molecule has 0 radical (unpaired) electrons. The van der Waals surface area contributed by atoms with E-state index in [0.717, 1.165) is 24.1 Å². The van der Waals surface area contributed by atoms with Gasteiger partial charge < -0.3 is 4.90 Å². The Morgan fingerprint density at radius 2 is 2.05 bits per heavy atom. The lowest BCUT2D eigenvalue weighted by Crippen LogP contribution is -2.63. The van der Waals surface area contributed by atoms with E-state index >= 15 is 0 Å². The Hall–Kier alpha value is -1.55. The zero-order chi connectivity index (χ0) is 15.1. The van der Waals surface area contributed by atoms with Gasteiger partial charge in [-0.2, -0.15) is 0 Å². The Morgan fingerprint density at radius 3 is 2.76 bits per heavy atom. The molecule has 0 spiro atoms. The van der Waals surface area contributed by atoms with Crippen molar-refractivity contribution in [1.29, 1.82) is 0 Å². The fraction of sp³-hybridized carbons (Fsp3) is 0.500. The minimum Gasteiger partial charge on any atom is -0.329 e. The van der Waals surface area contributed by atoms with Gasteiger partial charge in [0.25, 0.3) is 5.91 Å². The van der Waals surface area contributed by atoms with Crippen LogP contribution >= 0.6 is 11.6 Å². The lowest BCUT2D eigenvalue weighted by Gasteiger charge is -2.42. The summed E-state index contributed by atoms with van der Waals surface area (Å²) in [5.74, 6) is 0.100. The molecular weight excluding hydrogens is 288 g/mol. The van der Waals surface area contributed by atoms with E-state index < -0.39 is 6.04 Å². The topological polar surface area (TPSA) is 40.6 Å². The van der Waals surface area contributed by atoms with Crippen molar-refractivity contribution >= 4 is 29.1 Å². The number of carbonyl (C=O) groups excluding carboxylic acids is 2. The van der Waals surface area contributed by atoms with Crippen LogP contribution in [-0.4, -0.2) is 35.3 Å². The van der Waals surface area contributed by atoms with Crippen LogP contribution in [0, 0.1) is 6.92 Å². The average molecular weight is 307 g/mol. The van der Waals surface area contributed by atoms with Crippen molar-refractivity contribution in [2.75, 3.05) is 11.4 Å². The predicted octanol–water partition coefficient (Wildman–Crippen LogP) is 2.76. The molecule has 3 rings (SSSR count). The molecule has 2 heterocycles. The number of anilines is 1. The monoisotopic (exact) mass is 306 g/mol. The van der Waals surface area contributed by atoms with E-state index in [4.69, 9.17) is 11.6 Å².